The van der Waals surface area contributed by atoms with E-state index in [1.54, 1.807) is 0 Å². The lowest BCUT2D eigenvalue weighted by atomic mass is 9.77. The maximum absolute atomic E-state index is 13.1. The van der Waals surface area contributed by atoms with E-state index in [4.69, 9.17) is 5.11 Å². The molecule has 1 saturated carbocycles. The maximum atomic E-state index is 13.1. The minimum Gasteiger partial charge on any atom is -0.465 e. The SMILES string of the molecule is O=C(O)N1CCC2(CCC(F)C2)CC1. The van der Waals surface area contributed by atoms with Crippen molar-refractivity contribution in [1.29, 1.82) is 0 Å². The van der Waals surface area contributed by atoms with E-state index in [-0.39, 0.29) is 5.41 Å². The summed E-state index contributed by atoms with van der Waals surface area (Å²) >= 11 is 0. The smallest absolute Gasteiger partial charge is 0.407 e. The second kappa shape index (κ2) is 3.41. The quantitative estimate of drug-likeness (QED) is 0.653. The maximum Gasteiger partial charge on any atom is 0.407 e. The van der Waals surface area contributed by atoms with Gasteiger partial charge in [0, 0.05) is 13.1 Å². The fourth-order valence-corrected chi connectivity index (χ4v) is 2.76. The van der Waals surface area contributed by atoms with E-state index in [0.29, 0.717) is 25.9 Å². The number of alkyl halides is 1. The number of likely N-dealkylation sites (tertiary alicyclic amines) is 1. The Labute approximate surface area is 82.9 Å². The van der Waals surface area contributed by atoms with Crippen LogP contribution in [0.1, 0.15) is 32.1 Å². The van der Waals surface area contributed by atoms with E-state index >= 15 is 0 Å². The fourth-order valence-electron chi connectivity index (χ4n) is 2.76. The largest absolute Gasteiger partial charge is 0.465 e. The predicted molar refractivity (Wildman–Crippen MR) is 50.0 cm³/mol. The number of rotatable bonds is 0. The van der Waals surface area contributed by atoms with E-state index in [2.05, 4.69) is 0 Å². The van der Waals surface area contributed by atoms with Gasteiger partial charge in [0.2, 0.25) is 0 Å². The number of hydrogen-bond acceptors (Lipinski definition) is 1. The molecular formula is C10H16FNO2. The summed E-state index contributed by atoms with van der Waals surface area (Å²) < 4.78 is 13.1. The van der Waals surface area contributed by atoms with Crippen molar-refractivity contribution < 1.29 is 14.3 Å². The van der Waals surface area contributed by atoms with Crippen molar-refractivity contribution in [2.24, 2.45) is 5.41 Å². The molecule has 1 spiro atoms. The van der Waals surface area contributed by atoms with Crippen molar-refractivity contribution in [3.63, 3.8) is 0 Å². The zero-order valence-corrected chi connectivity index (χ0v) is 8.21. The predicted octanol–water partition coefficient (Wildman–Crippen LogP) is 2.27. The van der Waals surface area contributed by atoms with Crippen LogP contribution in [-0.4, -0.2) is 35.4 Å². The van der Waals surface area contributed by atoms with Crippen LogP contribution in [0.25, 0.3) is 0 Å². The molecule has 1 N–H and O–H groups in total. The van der Waals surface area contributed by atoms with Crippen molar-refractivity contribution in [3.05, 3.63) is 0 Å². The van der Waals surface area contributed by atoms with Gasteiger partial charge in [0.15, 0.2) is 0 Å². The lowest BCUT2D eigenvalue weighted by molar-refractivity contribution is 0.0884. The third kappa shape index (κ3) is 1.70. The molecule has 1 unspecified atom stereocenters. The van der Waals surface area contributed by atoms with E-state index < -0.39 is 12.3 Å². The molecule has 1 aliphatic carbocycles. The Bertz CT molecular complexity index is 236. The molecule has 1 saturated heterocycles. The summed E-state index contributed by atoms with van der Waals surface area (Å²) in [6.07, 6.45) is 2.48. The molecule has 1 aliphatic heterocycles. The van der Waals surface area contributed by atoms with Crippen molar-refractivity contribution >= 4 is 6.09 Å². The summed E-state index contributed by atoms with van der Waals surface area (Å²) in [4.78, 5) is 12.1. The number of amides is 1. The third-order valence-corrected chi connectivity index (χ3v) is 3.74. The Kier molecular flexibility index (Phi) is 2.37. The highest BCUT2D eigenvalue weighted by Gasteiger charge is 2.42. The molecule has 2 rings (SSSR count). The Balaban J connectivity index is 1.92. The minimum atomic E-state index is -0.838. The first kappa shape index (κ1) is 9.74. The summed E-state index contributed by atoms with van der Waals surface area (Å²) in [6.45, 7) is 1.17. The summed E-state index contributed by atoms with van der Waals surface area (Å²) in [6, 6.07) is 0. The molecule has 0 aromatic rings. The first-order valence-electron chi connectivity index (χ1n) is 5.23. The Morgan fingerprint density at radius 2 is 2.00 bits per heavy atom. The highest BCUT2D eigenvalue weighted by molar-refractivity contribution is 5.65. The monoisotopic (exact) mass is 201 g/mol. The van der Waals surface area contributed by atoms with Crippen molar-refractivity contribution in [2.75, 3.05) is 13.1 Å². The van der Waals surface area contributed by atoms with E-state index in [0.717, 1.165) is 19.3 Å². The van der Waals surface area contributed by atoms with Crippen LogP contribution in [-0.2, 0) is 0 Å². The highest BCUT2D eigenvalue weighted by Crippen LogP contribution is 2.47. The highest BCUT2D eigenvalue weighted by atomic mass is 19.1. The number of hydrogen-bond donors (Lipinski definition) is 1. The molecule has 2 aliphatic rings. The van der Waals surface area contributed by atoms with Crippen LogP contribution in [0.5, 0.6) is 0 Å². The number of piperidine rings is 1. The van der Waals surface area contributed by atoms with Gasteiger partial charge < -0.3 is 10.0 Å². The Hall–Kier alpha value is -0.800. The molecule has 4 heteroatoms. The number of carboxylic acid groups (broad SMARTS) is 1. The van der Waals surface area contributed by atoms with Gasteiger partial charge in [-0.2, -0.15) is 0 Å². The lowest BCUT2D eigenvalue weighted by Gasteiger charge is -2.38. The van der Waals surface area contributed by atoms with Crippen LogP contribution in [0.3, 0.4) is 0 Å². The summed E-state index contributed by atoms with van der Waals surface area (Å²) in [5.41, 5.74) is 0.130. The van der Waals surface area contributed by atoms with Gasteiger partial charge >= 0.3 is 6.09 Å². The van der Waals surface area contributed by atoms with Gasteiger partial charge in [-0.3, -0.25) is 0 Å². The zero-order valence-electron chi connectivity index (χ0n) is 8.21. The Morgan fingerprint density at radius 3 is 2.43 bits per heavy atom. The average molecular weight is 201 g/mol. The van der Waals surface area contributed by atoms with Crippen LogP contribution < -0.4 is 0 Å². The van der Waals surface area contributed by atoms with Crippen LogP contribution >= 0.6 is 0 Å². The Morgan fingerprint density at radius 1 is 1.36 bits per heavy atom. The molecule has 0 radical (unpaired) electrons. The number of carbonyl (C=O) groups is 1. The van der Waals surface area contributed by atoms with E-state index in [1.807, 2.05) is 0 Å². The zero-order chi connectivity index (χ0) is 10.2. The topological polar surface area (TPSA) is 40.5 Å². The van der Waals surface area contributed by atoms with Crippen LogP contribution in [0.15, 0.2) is 0 Å². The second-order valence-electron chi connectivity index (χ2n) is 4.61. The number of halogens is 1. The summed E-state index contributed by atoms with van der Waals surface area (Å²) in [5, 5.41) is 8.77. The molecule has 0 aromatic heterocycles. The van der Waals surface area contributed by atoms with Gasteiger partial charge in [0.25, 0.3) is 0 Å². The molecule has 0 bridgehead atoms. The standard InChI is InChI=1S/C10H16FNO2/c11-8-1-2-10(7-8)3-5-12(6-4-10)9(13)14/h8H,1-7H2,(H,13,14). The fraction of sp³-hybridized carbons (Fsp3) is 0.900. The number of nitrogens with zero attached hydrogens (tertiary/aromatic N) is 1. The van der Waals surface area contributed by atoms with Gasteiger partial charge in [-0.05, 0) is 37.5 Å². The van der Waals surface area contributed by atoms with Gasteiger partial charge in [0.1, 0.15) is 6.17 Å². The van der Waals surface area contributed by atoms with Crippen molar-refractivity contribution in [1.82, 2.24) is 4.90 Å². The van der Waals surface area contributed by atoms with Crippen LogP contribution in [0, 0.1) is 5.41 Å². The molecule has 3 nitrogen and oxygen atoms in total. The molecule has 80 valence electrons. The average Bonchev–Trinajstić information content (AvgIpc) is 2.48. The molecule has 2 fully saturated rings. The van der Waals surface area contributed by atoms with E-state index in [1.165, 1.54) is 4.90 Å². The van der Waals surface area contributed by atoms with Gasteiger partial charge in [-0.1, -0.05) is 0 Å². The van der Waals surface area contributed by atoms with Crippen LogP contribution in [0.4, 0.5) is 9.18 Å². The first-order chi connectivity index (χ1) is 6.61. The lowest BCUT2D eigenvalue weighted by Crippen LogP contribution is -2.41. The van der Waals surface area contributed by atoms with Crippen LogP contribution in [0.2, 0.25) is 0 Å². The summed E-state index contributed by atoms with van der Waals surface area (Å²) in [7, 11) is 0. The van der Waals surface area contributed by atoms with Crippen molar-refractivity contribution in [3.8, 4) is 0 Å². The molecular weight excluding hydrogens is 185 g/mol. The third-order valence-electron chi connectivity index (χ3n) is 3.74. The summed E-state index contributed by atoms with van der Waals surface area (Å²) in [5.74, 6) is 0. The van der Waals surface area contributed by atoms with Gasteiger partial charge in [0.05, 0.1) is 0 Å². The second-order valence-corrected chi connectivity index (χ2v) is 4.61. The molecule has 1 heterocycles. The molecule has 1 atom stereocenters. The molecule has 1 amide bonds. The van der Waals surface area contributed by atoms with Gasteiger partial charge in [-0.15, -0.1) is 0 Å². The van der Waals surface area contributed by atoms with Crippen molar-refractivity contribution in [2.45, 2.75) is 38.3 Å². The normalized spacial score (nSPS) is 30.9. The molecule has 0 aromatic carbocycles. The first-order valence-corrected chi connectivity index (χ1v) is 5.23. The van der Waals surface area contributed by atoms with E-state index in [9.17, 15) is 9.18 Å². The molecule has 14 heavy (non-hydrogen) atoms. The minimum absolute atomic E-state index is 0.130. The van der Waals surface area contributed by atoms with Gasteiger partial charge in [-0.25, -0.2) is 9.18 Å².